The van der Waals surface area contributed by atoms with Crippen molar-refractivity contribution in [2.24, 2.45) is 5.92 Å². The van der Waals surface area contributed by atoms with E-state index in [0.29, 0.717) is 35.0 Å². The van der Waals surface area contributed by atoms with Crippen LogP contribution >= 0.6 is 0 Å². The Morgan fingerprint density at radius 2 is 1.75 bits per heavy atom. The molecule has 1 atom stereocenters. The van der Waals surface area contributed by atoms with Crippen LogP contribution in [0, 0.1) is 5.92 Å². The van der Waals surface area contributed by atoms with Crippen molar-refractivity contribution in [1.82, 2.24) is 4.57 Å². The zero-order valence-corrected chi connectivity index (χ0v) is 19.0. The SMILES string of the molecule is CCCCC(CC)Cn1c(-c2ccc(O)c(OC)c2)c(O)c(=O)c2c(O)cc(OC)cc21. The van der Waals surface area contributed by atoms with Crippen LogP contribution < -0.4 is 14.9 Å². The summed E-state index contributed by atoms with van der Waals surface area (Å²) in [4.78, 5) is 13.1. The van der Waals surface area contributed by atoms with Crippen LogP contribution in [0.15, 0.2) is 35.1 Å². The second-order valence-electron chi connectivity index (χ2n) is 7.98. The Morgan fingerprint density at radius 3 is 2.38 bits per heavy atom. The lowest BCUT2D eigenvalue weighted by Gasteiger charge is -2.24. The molecule has 1 heterocycles. The molecule has 32 heavy (non-hydrogen) atoms. The molecule has 0 aliphatic rings. The zero-order valence-electron chi connectivity index (χ0n) is 19.0. The van der Waals surface area contributed by atoms with Crippen molar-refractivity contribution in [2.45, 2.75) is 46.1 Å². The topological polar surface area (TPSA) is 101 Å². The lowest BCUT2D eigenvalue weighted by Crippen LogP contribution is -2.18. The first-order chi connectivity index (χ1) is 15.4. The summed E-state index contributed by atoms with van der Waals surface area (Å²) in [6.45, 7) is 4.79. The van der Waals surface area contributed by atoms with E-state index >= 15 is 0 Å². The van der Waals surface area contributed by atoms with Gasteiger partial charge >= 0.3 is 0 Å². The average Bonchev–Trinajstić information content (AvgIpc) is 2.79. The molecular formula is C25H31NO6. The highest BCUT2D eigenvalue weighted by Crippen LogP contribution is 2.39. The zero-order chi connectivity index (χ0) is 23.4. The van der Waals surface area contributed by atoms with Crippen molar-refractivity contribution in [3.8, 4) is 40.0 Å². The van der Waals surface area contributed by atoms with E-state index < -0.39 is 11.2 Å². The average molecular weight is 442 g/mol. The number of benzene rings is 2. The van der Waals surface area contributed by atoms with Crippen LogP contribution in [0.25, 0.3) is 22.2 Å². The van der Waals surface area contributed by atoms with Crippen LogP contribution in [0.2, 0.25) is 0 Å². The highest BCUT2D eigenvalue weighted by molar-refractivity contribution is 5.91. The lowest BCUT2D eigenvalue weighted by atomic mass is 9.97. The second-order valence-corrected chi connectivity index (χ2v) is 7.98. The Bertz CT molecular complexity index is 1170. The summed E-state index contributed by atoms with van der Waals surface area (Å²) in [5.74, 6) is 0.184. The van der Waals surface area contributed by atoms with E-state index in [1.54, 1.807) is 18.2 Å². The molecule has 1 unspecified atom stereocenters. The lowest BCUT2D eigenvalue weighted by molar-refractivity contribution is 0.373. The van der Waals surface area contributed by atoms with Gasteiger partial charge in [0.15, 0.2) is 17.2 Å². The minimum absolute atomic E-state index is 0.0425. The number of hydrogen-bond donors (Lipinski definition) is 3. The normalized spacial score (nSPS) is 12.1. The smallest absolute Gasteiger partial charge is 0.235 e. The molecule has 3 N–H and O–H groups in total. The van der Waals surface area contributed by atoms with Gasteiger partial charge in [-0.3, -0.25) is 4.79 Å². The Hall–Kier alpha value is -3.35. The number of phenols is 2. The molecule has 0 aliphatic heterocycles. The molecule has 0 saturated carbocycles. The number of methoxy groups -OCH3 is 2. The first-order valence-corrected chi connectivity index (χ1v) is 10.9. The van der Waals surface area contributed by atoms with Crippen LogP contribution in [0.3, 0.4) is 0 Å². The van der Waals surface area contributed by atoms with Gasteiger partial charge in [-0.25, -0.2) is 0 Å². The van der Waals surface area contributed by atoms with Crippen molar-refractivity contribution in [3.63, 3.8) is 0 Å². The molecule has 3 rings (SSSR count). The van der Waals surface area contributed by atoms with Gasteiger partial charge in [0.25, 0.3) is 0 Å². The molecular weight excluding hydrogens is 410 g/mol. The van der Waals surface area contributed by atoms with E-state index in [4.69, 9.17) is 9.47 Å². The second kappa shape index (κ2) is 9.85. The summed E-state index contributed by atoms with van der Waals surface area (Å²) < 4.78 is 12.4. The number of aromatic nitrogens is 1. The fourth-order valence-corrected chi connectivity index (χ4v) is 4.11. The maximum atomic E-state index is 13.1. The number of nitrogens with zero attached hydrogens (tertiary/aromatic N) is 1. The number of hydrogen-bond acceptors (Lipinski definition) is 6. The molecule has 0 bridgehead atoms. The summed E-state index contributed by atoms with van der Waals surface area (Å²) in [6, 6.07) is 7.74. The maximum absolute atomic E-state index is 13.1. The number of pyridine rings is 1. The van der Waals surface area contributed by atoms with E-state index in [9.17, 15) is 20.1 Å². The molecule has 0 amide bonds. The molecule has 2 aromatic carbocycles. The molecule has 1 aromatic heterocycles. The number of ether oxygens (including phenoxy) is 2. The summed E-state index contributed by atoms with van der Waals surface area (Å²) in [5.41, 5.74) is 0.633. The van der Waals surface area contributed by atoms with Crippen LogP contribution in [-0.2, 0) is 6.54 Å². The molecule has 0 spiro atoms. The van der Waals surface area contributed by atoms with E-state index in [0.717, 1.165) is 25.7 Å². The van der Waals surface area contributed by atoms with Gasteiger partial charge in [-0.1, -0.05) is 33.1 Å². The van der Waals surface area contributed by atoms with E-state index in [-0.39, 0.29) is 22.6 Å². The Balaban J connectivity index is 2.38. The predicted molar refractivity (Wildman–Crippen MR) is 125 cm³/mol. The minimum Gasteiger partial charge on any atom is -0.507 e. The van der Waals surface area contributed by atoms with Crippen molar-refractivity contribution < 1.29 is 24.8 Å². The molecule has 0 radical (unpaired) electrons. The number of aromatic hydroxyl groups is 3. The van der Waals surface area contributed by atoms with Crippen molar-refractivity contribution in [3.05, 3.63) is 40.6 Å². The molecule has 0 aliphatic carbocycles. The minimum atomic E-state index is -0.667. The Labute approximate surface area is 187 Å². The van der Waals surface area contributed by atoms with Crippen LogP contribution in [0.4, 0.5) is 0 Å². The molecule has 0 saturated heterocycles. The van der Waals surface area contributed by atoms with Crippen molar-refractivity contribution in [2.75, 3.05) is 14.2 Å². The molecule has 7 heteroatoms. The first-order valence-electron chi connectivity index (χ1n) is 10.9. The standard InChI is InChI=1S/C25H31NO6/c1-5-7-8-15(6-2)14-26-18-12-17(31-3)13-20(28)22(18)24(29)25(30)23(26)16-9-10-19(27)21(11-16)32-4/h9-13,15,27-28,30H,5-8,14H2,1-4H3. The third kappa shape index (κ3) is 4.33. The summed E-state index contributed by atoms with van der Waals surface area (Å²) >= 11 is 0. The number of phenolic OH excluding ortho intramolecular Hbond substituents is 2. The summed E-state index contributed by atoms with van der Waals surface area (Å²) in [5, 5.41) is 31.6. The predicted octanol–water partition coefficient (Wildman–Crippen LogP) is 5.02. The molecule has 7 nitrogen and oxygen atoms in total. The van der Waals surface area contributed by atoms with Gasteiger partial charge in [0.05, 0.1) is 30.8 Å². The largest absolute Gasteiger partial charge is 0.507 e. The van der Waals surface area contributed by atoms with Gasteiger partial charge in [-0.2, -0.15) is 0 Å². The number of rotatable bonds is 9. The van der Waals surface area contributed by atoms with Gasteiger partial charge in [0.2, 0.25) is 5.43 Å². The fourth-order valence-electron chi connectivity index (χ4n) is 4.11. The summed E-state index contributed by atoms with van der Waals surface area (Å²) in [7, 11) is 2.93. The van der Waals surface area contributed by atoms with E-state index in [1.807, 2.05) is 4.57 Å². The fraction of sp³-hybridized carbons (Fsp3) is 0.400. The highest BCUT2D eigenvalue weighted by Gasteiger charge is 2.23. The maximum Gasteiger partial charge on any atom is 0.235 e. The van der Waals surface area contributed by atoms with Crippen molar-refractivity contribution in [1.29, 1.82) is 0 Å². The van der Waals surface area contributed by atoms with Gasteiger partial charge in [-0.05, 0) is 30.5 Å². The van der Waals surface area contributed by atoms with Crippen LogP contribution in [0.1, 0.15) is 39.5 Å². The number of unbranched alkanes of at least 4 members (excludes halogenated alkanes) is 1. The Kier molecular flexibility index (Phi) is 7.18. The van der Waals surface area contributed by atoms with E-state index in [1.165, 1.54) is 26.4 Å². The van der Waals surface area contributed by atoms with Crippen LogP contribution in [0.5, 0.6) is 28.7 Å². The quantitative estimate of drug-likeness (QED) is 0.431. The third-order valence-electron chi connectivity index (χ3n) is 5.97. The van der Waals surface area contributed by atoms with Gasteiger partial charge < -0.3 is 29.4 Å². The van der Waals surface area contributed by atoms with Crippen LogP contribution in [-0.4, -0.2) is 34.1 Å². The van der Waals surface area contributed by atoms with Crippen molar-refractivity contribution >= 4 is 10.9 Å². The molecule has 172 valence electrons. The van der Waals surface area contributed by atoms with Gasteiger partial charge in [-0.15, -0.1) is 0 Å². The monoisotopic (exact) mass is 441 g/mol. The summed E-state index contributed by atoms with van der Waals surface area (Å²) in [6.07, 6.45) is 4.06. The third-order valence-corrected chi connectivity index (χ3v) is 5.97. The Morgan fingerprint density at radius 1 is 1.00 bits per heavy atom. The molecule has 3 aromatic rings. The highest BCUT2D eigenvalue weighted by atomic mass is 16.5. The van der Waals surface area contributed by atoms with Gasteiger partial charge in [0.1, 0.15) is 11.5 Å². The molecule has 0 fully saturated rings. The van der Waals surface area contributed by atoms with Gasteiger partial charge in [0, 0.05) is 24.2 Å². The van der Waals surface area contributed by atoms with E-state index in [2.05, 4.69) is 13.8 Å². The first kappa shape index (κ1) is 23.3. The number of fused-ring (bicyclic) bond motifs is 1.